The third-order valence-electron chi connectivity index (χ3n) is 3.66. The van der Waals surface area contributed by atoms with Crippen LogP contribution < -0.4 is 10.1 Å². The Morgan fingerprint density at radius 2 is 2.12 bits per heavy atom. The van der Waals surface area contributed by atoms with Gasteiger partial charge in [-0.1, -0.05) is 31.5 Å². The van der Waals surface area contributed by atoms with E-state index in [9.17, 15) is 4.79 Å². The zero-order chi connectivity index (χ0) is 18.6. The standard InChI is InChI=1S/C19H24ClN3O2/c1-12(2)11-23-19(20)15(14(4)22-23)7-9-18(24)21-16-10-13(3)6-8-17(16)25-5/h6-10,12H,11H2,1-5H3,(H,21,24)/b9-7+. The number of hydrogen-bond donors (Lipinski definition) is 1. The van der Waals surface area contributed by atoms with Crippen LogP contribution in [0.2, 0.25) is 5.15 Å². The Balaban J connectivity index is 2.16. The summed E-state index contributed by atoms with van der Waals surface area (Å²) in [6.45, 7) is 8.78. The Morgan fingerprint density at radius 1 is 1.40 bits per heavy atom. The fraction of sp³-hybridized carbons (Fsp3) is 0.368. The van der Waals surface area contributed by atoms with E-state index in [1.807, 2.05) is 32.0 Å². The minimum atomic E-state index is -0.254. The summed E-state index contributed by atoms with van der Waals surface area (Å²) in [7, 11) is 1.57. The summed E-state index contributed by atoms with van der Waals surface area (Å²) in [4.78, 5) is 12.2. The topological polar surface area (TPSA) is 56.1 Å². The van der Waals surface area contributed by atoms with Crippen molar-refractivity contribution in [2.45, 2.75) is 34.2 Å². The maximum absolute atomic E-state index is 12.2. The van der Waals surface area contributed by atoms with Gasteiger partial charge in [-0.2, -0.15) is 5.10 Å². The third kappa shape index (κ3) is 4.86. The van der Waals surface area contributed by atoms with Gasteiger partial charge in [0.2, 0.25) is 5.91 Å². The lowest BCUT2D eigenvalue weighted by Gasteiger charge is -2.09. The van der Waals surface area contributed by atoms with Crippen molar-refractivity contribution in [3.8, 4) is 5.75 Å². The predicted molar refractivity (Wildman–Crippen MR) is 102 cm³/mol. The Labute approximate surface area is 153 Å². The number of ether oxygens (including phenoxy) is 1. The van der Waals surface area contributed by atoms with Gasteiger partial charge >= 0.3 is 0 Å². The third-order valence-corrected chi connectivity index (χ3v) is 4.06. The lowest BCUT2D eigenvalue weighted by atomic mass is 10.2. The first-order valence-electron chi connectivity index (χ1n) is 8.18. The van der Waals surface area contributed by atoms with Gasteiger partial charge in [-0.15, -0.1) is 0 Å². The lowest BCUT2D eigenvalue weighted by molar-refractivity contribution is -0.111. The van der Waals surface area contributed by atoms with Gasteiger partial charge in [-0.3, -0.25) is 9.48 Å². The SMILES string of the molecule is COc1ccc(C)cc1NC(=O)/C=C/c1c(C)nn(CC(C)C)c1Cl. The molecule has 1 amide bonds. The van der Waals surface area contributed by atoms with Crippen LogP contribution in [0.15, 0.2) is 24.3 Å². The van der Waals surface area contributed by atoms with Crippen LogP contribution in [0.25, 0.3) is 6.08 Å². The molecule has 0 atom stereocenters. The summed E-state index contributed by atoms with van der Waals surface area (Å²) in [6, 6.07) is 5.62. The molecule has 1 aromatic heterocycles. The first-order valence-corrected chi connectivity index (χ1v) is 8.56. The highest BCUT2D eigenvalue weighted by Gasteiger charge is 2.12. The number of nitrogens with one attached hydrogen (secondary N) is 1. The van der Waals surface area contributed by atoms with Gasteiger partial charge in [-0.05, 0) is 43.5 Å². The highest BCUT2D eigenvalue weighted by molar-refractivity contribution is 6.31. The Bertz CT molecular complexity index is 794. The molecule has 0 bridgehead atoms. The van der Waals surface area contributed by atoms with Crippen LogP contribution in [0.5, 0.6) is 5.75 Å². The minimum absolute atomic E-state index is 0.254. The molecule has 0 fully saturated rings. The predicted octanol–water partition coefficient (Wildman–Crippen LogP) is 4.47. The molecule has 1 heterocycles. The molecule has 1 aromatic carbocycles. The normalized spacial score (nSPS) is 11.3. The number of amides is 1. The monoisotopic (exact) mass is 361 g/mol. The van der Waals surface area contributed by atoms with Crippen molar-refractivity contribution in [2.75, 3.05) is 12.4 Å². The number of halogens is 1. The number of methoxy groups -OCH3 is 1. The van der Waals surface area contributed by atoms with E-state index in [0.29, 0.717) is 22.5 Å². The highest BCUT2D eigenvalue weighted by atomic mass is 35.5. The van der Waals surface area contributed by atoms with Gasteiger partial charge in [0.25, 0.3) is 0 Å². The summed E-state index contributed by atoms with van der Waals surface area (Å²) in [5.74, 6) is 0.799. The number of carbonyl (C=O) groups excluding carboxylic acids is 1. The molecule has 0 spiro atoms. The molecule has 2 aromatic rings. The van der Waals surface area contributed by atoms with Crippen molar-refractivity contribution in [2.24, 2.45) is 5.92 Å². The fourth-order valence-electron chi connectivity index (χ4n) is 2.48. The number of carbonyl (C=O) groups is 1. The van der Waals surface area contributed by atoms with E-state index < -0.39 is 0 Å². The summed E-state index contributed by atoms with van der Waals surface area (Å²) in [6.07, 6.45) is 3.15. The van der Waals surface area contributed by atoms with E-state index in [0.717, 1.165) is 23.4 Å². The van der Waals surface area contributed by atoms with Crippen molar-refractivity contribution >= 4 is 29.3 Å². The van der Waals surface area contributed by atoms with Crippen LogP contribution >= 0.6 is 11.6 Å². The second-order valence-corrected chi connectivity index (χ2v) is 6.75. The van der Waals surface area contributed by atoms with Gasteiger partial charge in [0.05, 0.1) is 18.5 Å². The number of nitrogens with zero attached hydrogens (tertiary/aromatic N) is 2. The summed E-state index contributed by atoms with van der Waals surface area (Å²) < 4.78 is 7.04. The summed E-state index contributed by atoms with van der Waals surface area (Å²) >= 11 is 6.38. The Morgan fingerprint density at radius 3 is 2.76 bits per heavy atom. The molecule has 2 rings (SSSR count). The molecule has 0 saturated carbocycles. The molecule has 0 radical (unpaired) electrons. The number of hydrogen-bond acceptors (Lipinski definition) is 3. The smallest absolute Gasteiger partial charge is 0.248 e. The molecule has 25 heavy (non-hydrogen) atoms. The fourth-order valence-corrected chi connectivity index (χ4v) is 2.78. The van der Waals surface area contributed by atoms with Crippen molar-refractivity contribution in [3.05, 3.63) is 46.2 Å². The van der Waals surface area contributed by atoms with E-state index in [1.165, 1.54) is 6.08 Å². The Kier molecular flexibility index (Phi) is 6.26. The molecule has 0 saturated heterocycles. The molecule has 0 aliphatic heterocycles. The quantitative estimate of drug-likeness (QED) is 0.772. The van der Waals surface area contributed by atoms with E-state index in [4.69, 9.17) is 16.3 Å². The van der Waals surface area contributed by atoms with E-state index in [1.54, 1.807) is 17.9 Å². The second-order valence-electron chi connectivity index (χ2n) is 6.39. The number of rotatable bonds is 6. The summed E-state index contributed by atoms with van der Waals surface area (Å²) in [5.41, 5.74) is 3.22. The summed E-state index contributed by atoms with van der Waals surface area (Å²) in [5, 5.41) is 7.81. The number of benzene rings is 1. The van der Waals surface area contributed by atoms with Crippen LogP contribution in [0.3, 0.4) is 0 Å². The van der Waals surface area contributed by atoms with Gasteiger partial charge in [0.1, 0.15) is 10.9 Å². The van der Waals surface area contributed by atoms with Crippen molar-refractivity contribution in [1.82, 2.24) is 9.78 Å². The molecule has 6 heteroatoms. The molecular weight excluding hydrogens is 338 g/mol. The molecule has 0 unspecified atom stereocenters. The number of aryl methyl sites for hydroxylation is 2. The first-order chi connectivity index (χ1) is 11.8. The number of aromatic nitrogens is 2. The molecule has 5 nitrogen and oxygen atoms in total. The van der Waals surface area contributed by atoms with Gasteiger partial charge in [0, 0.05) is 18.2 Å². The second kappa shape index (κ2) is 8.21. The van der Waals surface area contributed by atoms with E-state index >= 15 is 0 Å². The zero-order valence-electron chi connectivity index (χ0n) is 15.3. The van der Waals surface area contributed by atoms with Gasteiger partial charge in [-0.25, -0.2) is 0 Å². The largest absolute Gasteiger partial charge is 0.495 e. The van der Waals surface area contributed by atoms with Crippen molar-refractivity contribution in [1.29, 1.82) is 0 Å². The van der Waals surface area contributed by atoms with Crippen LogP contribution in [0.1, 0.15) is 30.7 Å². The van der Waals surface area contributed by atoms with E-state index in [-0.39, 0.29) is 5.91 Å². The van der Waals surface area contributed by atoms with Crippen LogP contribution in [-0.2, 0) is 11.3 Å². The number of anilines is 1. The van der Waals surface area contributed by atoms with Crippen LogP contribution in [0.4, 0.5) is 5.69 Å². The van der Waals surface area contributed by atoms with Crippen molar-refractivity contribution in [3.63, 3.8) is 0 Å². The Hall–Kier alpha value is -2.27. The van der Waals surface area contributed by atoms with Gasteiger partial charge < -0.3 is 10.1 Å². The molecule has 0 aliphatic rings. The maximum atomic E-state index is 12.2. The maximum Gasteiger partial charge on any atom is 0.248 e. The molecule has 1 N–H and O–H groups in total. The van der Waals surface area contributed by atoms with E-state index in [2.05, 4.69) is 24.3 Å². The molecule has 0 aliphatic carbocycles. The van der Waals surface area contributed by atoms with Crippen LogP contribution in [0, 0.1) is 19.8 Å². The lowest BCUT2D eigenvalue weighted by Crippen LogP contribution is -2.09. The van der Waals surface area contributed by atoms with Gasteiger partial charge in [0.15, 0.2) is 0 Å². The molecular formula is C19H24ClN3O2. The minimum Gasteiger partial charge on any atom is -0.495 e. The molecule has 134 valence electrons. The average Bonchev–Trinajstić information content (AvgIpc) is 2.79. The first kappa shape index (κ1) is 19.1. The van der Waals surface area contributed by atoms with Crippen LogP contribution in [-0.4, -0.2) is 22.8 Å². The zero-order valence-corrected chi connectivity index (χ0v) is 16.0. The highest BCUT2D eigenvalue weighted by Crippen LogP contribution is 2.26. The van der Waals surface area contributed by atoms with Crippen molar-refractivity contribution < 1.29 is 9.53 Å². The average molecular weight is 362 g/mol.